The van der Waals surface area contributed by atoms with Gasteiger partial charge < -0.3 is 0 Å². The summed E-state index contributed by atoms with van der Waals surface area (Å²) < 4.78 is 2.02. The molecule has 3 nitrogen and oxygen atoms in total. The molecule has 1 heterocycles. The van der Waals surface area contributed by atoms with Crippen LogP contribution in [-0.2, 0) is 4.79 Å². The highest BCUT2D eigenvalue weighted by molar-refractivity contribution is 5.79. The molecule has 0 saturated heterocycles. The largest absolute Gasteiger partial charge is 0.300 e. The van der Waals surface area contributed by atoms with E-state index in [0.717, 1.165) is 25.0 Å². The summed E-state index contributed by atoms with van der Waals surface area (Å²) in [6.45, 7) is 4.05. The Hall–Kier alpha value is -1.12. The summed E-state index contributed by atoms with van der Waals surface area (Å²) in [5.41, 5.74) is 2.21. The summed E-state index contributed by atoms with van der Waals surface area (Å²) in [6, 6.07) is 2.38. The summed E-state index contributed by atoms with van der Waals surface area (Å²) in [7, 11) is 0. The van der Waals surface area contributed by atoms with Crippen LogP contribution in [0.25, 0.3) is 0 Å². The summed E-state index contributed by atoms with van der Waals surface area (Å²) in [5, 5.41) is 4.43. The number of aromatic nitrogens is 2. The average Bonchev–Trinajstić information content (AvgIpc) is 2.45. The van der Waals surface area contributed by atoms with E-state index in [4.69, 9.17) is 0 Å². The lowest BCUT2D eigenvalue weighted by Gasteiger charge is -2.22. The lowest BCUT2D eigenvalue weighted by atomic mass is 9.94. The lowest BCUT2D eigenvalue weighted by Crippen LogP contribution is -2.20. The van der Waals surface area contributed by atoms with E-state index in [2.05, 4.69) is 18.1 Å². The maximum Gasteiger partial charge on any atom is 0.135 e. The Bertz CT molecular complexity index is 354. The van der Waals surface area contributed by atoms with Crippen LogP contribution in [0.2, 0.25) is 0 Å². The molecule has 76 valence electrons. The molecule has 1 atom stereocenters. The van der Waals surface area contributed by atoms with Gasteiger partial charge >= 0.3 is 0 Å². The van der Waals surface area contributed by atoms with E-state index in [1.54, 1.807) is 0 Å². The van der Waals surface area contributed by atoms with Gasteiger partial charge in [0.1, 0.15) is 5.78 Å². The first-order chi connectivity index (χ1) is 6.66. The molecule has 0 aromatic carbocycles. The molecule has 0 amide bonds. The molecule has 1 saturated carbocycles. The predicted molar refractivity (Wildman–Crippen MR) is 54.2 cm³/mol. The van der Waals surface area contributed by atoms with Gasteiger partial charge in [-0.2, -0.15) is 5.10 Å². The van der Waals surface area contributed by atoms with Crippen LogP contribution in [-0.4, -0.2) is 15.6 Å². The summed E-state index contributed by atoms with van der Waals surface area (Å²) in [5.74, 6) is 0.383. The number of hydrogen-bond donors (Lipinski definition) is 0. The molecular weight excluding hydrogens is 176 g/mol. The van der Waals surface area contributed by atoms with Gasteiger partial charge in [-0.05, 0) is 32.8 Å². The number of carbonyl (C=O) groups excluding carboxylic acids is 1. The van der Waals surface area contributed by atoms with Crippen molar-refractivity contribution in [3.63, 3.8) is 0 Å². The van der Waals surface area contributed by atoms with Crippen LogP contribution in [0.15, 0.2) is 6.07 Å². The minimum absolute atomic E-state index is 0.310. The Morgan fingerprint density at radius 2 is 2.29 bits per heavy atom. The second kappa shape index (κ2) is 3.56. The van der Waals surface area contributed by atoms with Gasteiger partial charge in [-0.1, -0.05) is 0 Å². The van der Waals surface area contributed by atoms with E-state index in [-0.39, 0.29) is 0 Å². The first-order valence-electron chi connectivity index (χ1n) is 5.21. The third-order valence-electron chi connectivity index (χ3n) is 2.85. The Labute approximate surface area is 84.1 Å². The molecule has 3 heteroatoms. The molecule has 0 bridgehead atoms. The minimum atomic E-state index is 0.310. The Morgan fingerprint density at radius 3 is 2.86 bits per heavy atom. The van der Waals surface area contributed by atoms with Crippen molar-refractivity contribution < 1.29 is 4.79 Å². The standard InChI is InChI=1S/C11H16N2O/c1-8-6-9(2)13(12-8)10-4-3-5-11(14)7-10/h6,10H,3-5,7H2,1-2H3/t10-/m1/s1. The normalized spacial score (nSPS) is 22.7. The van der Waals surface area contributed by atoms with Crippen molar-refractivity contribution in [1.29, 1.82) is 0 Å². The van der Waals surface area contributed by atoms with Gasteiger partial charge in [0.05, 0.1) is 11.7 Å². The van der Waals surface area contributed by atoms with Crippen molar-refractivity contribution in [2.75, 3.05) is 0 Å². The zero-order chi connectivity index (χ0) is 10.1. The van der Waals surface area contributed by atoms with Crippen molar-refractivity contribution in [3.8, 4) is 0 Å². The predicted octanol–water partition coefficient (Wildman–Crippen LogP) is 2.18. The van der Waals surface area contributed by atoms with Crippen LogP contribution in [0.4, 0.5) is 0 Å². The Morgan fingerprint density at radius 1 is 1.50 bits per heavy atom. The van der Waals surface area contributed by atoms with E-state index < -0.39 is 0 Å². The molecule has 2 rings (SSSR count). The summed E-state index contributed by atoms with van der Waals surface area (Å²) >= 11 is 0. The first kappa shape index (κ1) is 9.44. The number of carbonyl (C=O) groups is 1. The van der Waals surface area contributed by atoms with Gasteiger partial charge in [-0.25, -0.2) is 0 Å². The highest BCUT2D eigenvalue weighted by Gasteiger charge is 2.22. The number of Topliss-reactive ketones (excluding diaryl/α,β-unsaturated/α-hetero) is 1. The van der Waals surface area contributed by atoms with E-state index in [1.807, 2.05) is 11.6 Å². The maximum absolute atomic E-state index is 11.3. The van der Waals surface area contributed by atoms with Crippen LogP contribution in [0.5, 0.6) is 0 Å². The third kappa shape index (κ3) is 1.72. The van der Waals surface area contributed by atoms with Crippen LogP contribution < -0.4 is 0 Å². The number of hydrogen-bond acceptors (Lipinski definition) is 2. The van der Waals surface area contributed by atoms with Crippen LogP contribution in [0.3, 0.4) is 0 Å². The van der Waals surface area contributed by atoms with Gasteiger partial charge in [0.2, 0.25) is 0 Å². The zero-order valence-corrected chi connectivity index (χ0v) is 8.79. The summed E-state index contributed by atoms with van der Waals surface area (Å²) in [4.78, 5) is 11.3. The Balaban J connectivity index is 2.21. The van der Waals surface area contributed by atoms with Crippen molar-refractivity contribution in [1.82, 2.24) is 9.78 Å². The van der Waals surface area contributed by atoms with E-state index in [1.165, 1.54) is 5.69 Å². The molecule has 0 N–H and O–H groups in total. The van der Waals surface area contributed by atoms with Crippen molar-refractivity contribution in [3.05, 3.63) is 17.5 Å². The number of rotatable bonds is 1. The van der Waals surface area contributed by atoms with E-state index in [9.17, 15) is 4.79 Å². The fourth-order valence-electron chi connectivity index (χ4n) is 2.23. The molecule has 0 aliphatic heterocycles. The maximum atomic E-state index is 11.3. The minimum Gasteiger partial charge on any atom is -0.300 e. The van der Waals surface area contributed by atoms with Gasteiger partial charge in [-0.15, -0.1) is 0 Å². The van der Waals surface area contributed by atoms with Crippen LogP contribution in [0, 0.1) is 13.8 Å². The zero-order valence-electron chi connectivity index (χ0n) is 8.79. The fourth-order valence-corrected chi connectivity index (χ4v) is 2.23. The van der Waals surface area contributed by atoms with Crippen molar-refractivity contribution in [2.24, 2.45) is 0 Å². The average molecular weight is 192 g/mol. The number of nitrogens with zero attached hydrogens (tertiary/aromatic N) is 2. The number of aryl methyl sites for hydroxylation is 2. The molecule has 0 unspecified atom stereocenters. The second-order valence-electron chi connectivity index (χ2n) is 4.16. The molecule has 1 aliphatic carbocycles. The first-order valence-corrected chi connectivity index (χ1v) is 5.21. The molecular formula is C11H16N2O. The SMILES string of the molecule is Cc1cc(C)n([C@@H]2CCCC(=O)C2)n1. The second-order valence-corrected chi connectivity index (χ2v) is 4.16. The smallest absolute Gasteiger partial charge is 0.135 e. The topological polar surface area (TPSA) is 34.9 Å². The highest BCUT2D eigenvalue weighted by atomic mass is 16.1. The molecule has 1 aliphatic rings. The molecule has 1 aromatic rings. The molecule has 1 aromatic heterocycles. The molecule has 14 heavy (non-hydrogen) atoms. The van der Waals surface area contributed by atoms with Gasteiger partial charge in [0.15, 0.2) is 0 Å². The summed E-state index contributed by atoms with van der Waals surface area (Å²) in [6.07, 6.45) is 3.54. The highest BCUT2D eigenvalue weighted by Crippen LogP contribution is 2.26. The molecule has 0 spiro atoms. The quantitative estimate of drug-likeness (QED) is 0.683. The van der Waals surface area contributed by atoms with Crippen molar-refractivity contribution >= 4 is 5.78 Å². The van der Waals surface area contributed by atoms with Gasteiger partial charge in [0.25, 0.3) is 0 Å². The van der Waals surface area contributed by atoms with Crippen LogP contribution in [0.1, 0.15) is 43.1 Å². The van der Waals surface area contributed by atoms with Gasteiger partial charge in [-0.3, -0.25) is 9.48 Å². The van der Waals surface area contributed by atoms with Crippen molar-refractivity contribution in [2.45, 2.75) is 45.6 Å². The van der Waals surface area contributed by atoms with E-state index in [0.29, 0.717) is 18.2 Å². The monoisotopic (exact) mass is 192 g/mol. The van der Waals surface area contributed by atoms with Gasteiger partial charge in [0, 0.05) is 18.5 Å². The molecule has 0 radical (unpaired) electrons. The molecule has 1 fully saturated rings. The van der Waals surface area contributed by atoms with E-state index >= 15 is 0 Å². The number of ketones is 1. The Kier molecular flexibility index (Phi) is 2.40. The fraction of sp³-hybridized carbons (Fsp3) is 0.636. The van der Waals surface area contributed by atoms with Crippen LogP contribution >= 0.6 is 0 Å². The lowest BCUT2D eigenvalue weighted by molar-refractivity contribution is -0.121. The third-order valence-corrected chi connectivity index (χ3v) is 2.85.